The van der Waals surface area contributed by atoms with Crippen LogP contribution in [0.5, 0.6) is 34.5 Å². The lowest BCUT2D eigenvalue weighted by molar-refractivity contribution is -0.00144. The summed E-state index contributed by atoms with van der Waals surface area (Å²) in [6.45, 7) is 28.7. The molecule has 446 valence electrons. The van der Waals surface area contributed by atoms with Gasteiger partial charge >= 0.3 is 0 Å². The van der Waals surface area contributed by atoms with Crippen molar-refractivity contribution in [1.82, 2.24) is 0 Å². The Balaban J connectivity index is 1.04. The molecule has 11 rings (SSSR count). The van der Waals surface area contributed by atoms with Gasteiger partial charge in [-0.3, -0.25) is 0 Å². The molecule has 12 bridgehead atoms. The highest BCUT2D eigenvalue weighted by molar-refractivity contribution is 5.54. The van der Waals surface area contributed by atoms with Gasteiger partial charge in [0, 0.05) is 29.4 Å². The van der Waals surface area contributed by atoms with Crippen LogP contribution in [0.3, 0.4) is 0 Å². The molecule has 4 aromatic carbocycles. The van der Waals surface area contributed by atoms with Crippen LogP contribution in [0.4, 0.5) is 0 Å². The third-order valence-electron chi connectivity index (χ3n) is 16.0. The molecule has 4 heterocycles. The number of benzene rings is 4. The predicted molar refractivity (Wildman–Crippen MR) is 323 cm³/mol. The van der Waals surface area contributed by atoms with Crippen molar-refractivity contribution in [3.63, 3.8) is 0 Å². The normalized spacial score (nSPS) is 21.6. The molecule has 3 atom stereocenters. The Kier molecular flexibility index (Phi) is 20.8. The average Bonchev–Trinajstić information content (AvgIpc) is 3.23. The lowest BCUT2D eigenvalue weighted by Crippen LogP contribution is -2.31. The van der Waals surface area contributed by atoms with E-state index >= 15 is 0 Å². The van der Waals surface area contributed by atoms with E-state index in [4.69, 9.17) is 56.8 Å². The van der Waals surface area contributed by atoms with Crippen molar-refractivity contribution < 1.29 is 56.8 Å². The zero-order valence-corrected chi connectivity index (χ0v) is 51.1. The van der Waals surface area contributed by atoms with Crippen LogP contribution in [0.25, 0.3) is 0 Å². The zero-order chi connectivity index (χ0) is 57.7. The molecule has 4 aliphatic heterocycles. The lowest BCUT2D eigenvalue weighted by atomic mass is 9.72. The molecule has 3 aliphatic carbocycles. The van der Waals surface area contributed by atoms with Gasteiger partial charge in [-0.25, -0.2) is 0 Å². The first-order chi connectivity index (χ1) is 39.4. The van der Waals surface area contributed by atoms with Crippen LogP contribution in [0, 0.1) is 10.8 Å². The molecule has 0 fully saturated rings. The Morgan fingerprint density at radius 2 is 0.915 bits per heavy atom. The van der Waals surface area contributed by atoms with E-state index in [1.165, 1.54) is 16.7 Å². The van der Waals surface area contributed by atoms with Crippen LogP contribution in [-0.2, 0) is 52.1 Å². The summed E-state index contributed by atoms with van der Waals surface area (Å²) in [5.74, 6) is 5.23. The van der Waals surface area contributed by atoms with Gasteiger partial charge in [-0.2, -0.15) is 0 Å². The Morgan fingerprint density at radius 3 is 1.45 bits per heavy atom. The van der Waals surface area contributed by atoms with E-state index in [-0.39, 0.29) is 39.6 Å². The Bertz CT molecular complexity index is 2830. The summed E-state index contributed by atoms with van der Waals surface area (Å²) >= 11 is 0. The van der Waals surface area contributed by atoms with Gasteiger partial charge in [-0.1, -0.05) is 136 Å². The van der Waals surface area contributed by atoms with Crippen LogP contribution < -0.4 is 28.4 Å². The summed E-state index contributed by atoms with van der Waals surface area (Å²) in [5.41, 5.74) is 9.19. The van der Waals surface area contributed by atoms with Gasteiger partial charge < -0.3 is 56.8 Å². The molecule has 12 heteroatoms. The van der Waals surface area contributed by atoms with Gasteiger partial charge in [-0.05, 0) is 118 Å². The summed E-state index contributed by atoms with van der Waals surface area (Å²) < 4.78 is 79.1. The van der Waals surface area contributed by atoms with E-state index in [0.717, 1.165) is 77.2 Å². The predicted octanol–water partition coefficient (Wildman–Crippen LogP) is 14.2. The zero-order valence-electron chi connectivity index (χ0n) is 51.1. The standard InChI is InChI=1S/C70H94O12/c1-67(2,3)47-69(7,8)53-23-25-59-61(45-53)77-37-29-73-33-41-81-65-51-17-13-21-57(65)55-19-12-16-50-43-49-15-11-20-56(63(49)79-39-31-71-27-35-75-59)58-22-14-18-52(44-51)66(58)82-42-34-74-30-38-78-62-46-54(70(9,10)48-68(4,5)6)24-26-60(62)76-36-28-72-32-40-80-64(50)55/h11,13-18,20-21,23-26,45-46,55,58,64H,12,19,22,27-44,47-48H2,1-10H3/t55?,58?,64-/m0/s1. The molecule has 0 radical (unpaired) electrons. The Labute approximate surface area is 490 Å². The second-order valence-corrected chi connectivity index (χ2v) is 26.3. The highest BCUT2D eigenvalue weighted by Crippen LogP contribution is 2.48. The van der Waals surface area contributed by atoms with Crippen molar-refractivity contribution >= 4 is 0 Å². The van der Waals surface area contributed by atoms with Gasteiger partial charge in [0.25, 0.3) is 0 Å². The van der Waals surface area contributed by atoms with Gasteiger partial charge in [0.05, 0.1) is 65.6 Å². The van der Waals surface area contributed by atoms with Crippen molar-refractivity contribution in [3.8, 4) is 34.5 Å². The second kappa shape index (κ2) is 27.9. The Morgan fingerprint density at radius 1 is 0.451 bits per heavy atom. The minimum absolute atomic E-state index is 0.0144. The van der Waals surface area contributed by atoms with Crippen molar-refractivity contribution in [2.45, 2.75) is 143 Å². The summed E-state index contributed by atoms with van der Waals surface area (Å²) in [4.78, 5) is 0. The molecule has 82 heavy (non-hydrogen) atoms. The fourth-order valence-electron chi connectivity index (χ4n) is 13.2. The van der Waals surface area contributed by atoms with Crippen LogP contribution in [0.1, 0.15) is 147 Å². The van der Waals surface area contributed by atoms with Crippen molar-refractivity contribution in [1.29, 1.82) is 0 Å². The largest absolute Gasteiger partial charge is 0.495 e. The van der Waals surface area contributed by atoms with Crippen LogP contribution in [0.2, 0.25) is 0 Å². The maximum Gasteiger partial charge on any atom is 0.161 e. The van der Waals surface area contributed by atoms with Crippen molar-refractivity contribution in [2.75, 3.05) is 106 Å². The maximum atomic E-state index is 7.12. The number of ether oxygens (including phenoxy) is 12. The Hall–Kier alpha value is -5.50. The van der Waals surface area contributed by atoms with E-state index in [1.807, 2.05) is 12.1 Å². The SMILES string of the molecule is CC(C)(C)CC(C)(C)c1ccc2c(c1)OCCOCCOC1=C3C=CCC1c1cccc4c1OCCOCCOc1ccc(C(C)(C)CC(C)(C)C)cc1OCCOCCOc1c(cccc1C1CCC=C(C4)[C@@H]1OCCOCCO2)C3. The van der Waals surface area contributed by atoms with Crippen LogP contribution >= 0.6 is 0 Å². The second-order valence-electron chi connectivity index (χ2n) is 26.3. The van der Waals surface area contributed by atoms with Gasteiger partial charge in [-0.15, -0.1) is 0 Å². The molecule has 2 unspecified atom stereocenters. The molecule has 0 N–H and O–H groups in total. The van der Waals surface area contributed by atoms with Crippen LogP contribution in [0.15, 0.2) is 108 Å². The highest BCUT2D eigenvalue weighted by atomic mass is 16.6. The average molecular weight is 1130 g/mol. The molecule has 4 aromatic rings. The smallest absolute Gasteiger partial charge is 0.161 e. The molecule has 0 amide bonds. The molecule has 0 saturated heterocycles. The summed E-state index contributed by atoms with van der Waals surface area (Å²) in [7, 11) is 0. The summed E-state index contributed by atoms with van der Waals surface area (Å²) in [5, 5.41) is 0. The maximum absolute atomic E-state index is 7.12. The molecule has 0 spiro atoms. The summed E-state index contributed by atoms with van der Waals surface area (Å²) in [6.07, 6.45) is 12.4. The minimum Gasteiger partial charge on any atom is -0.495 e. The van der Waals surface area contributed by atoms with E-state index in [9.17, 15) is 0 Å². The van der Waals surface area contributed by atoms with Crippen LogP contribution in [-0.4, -0.2) is 112 Å². The van der Waals surface area contributed by atoms with Gasteiger partial charge in [0.1, 0.15) is 63.5 Å². The van der Waals surface area contributed by atoms with Crippen molar-refractivity contribution in [3.05, 3.63) is 141 Å². The first-order valence-corrected chi connectivity index (χ1v) is 30.4. The number of rotatable bonds is 4. The molecular formula is C70H94O12. The minimum atomic E-state index is -0.265. The van der Waals surface area contributed by atoms with E-state index in [2.05, 4.69) is 148 Å². The molecule has 0 aromatic heterocycles. The lowest BCUT2D eigenvalue weighted by Gasteiger charge is -2.36. The van der Waals surface area contributed by atoms with E-state index < -0.39 is 0 Å². The number of fused-ring (bicyclic) bond motifs is 24. The number of allylic oxidation sites excluding steroid dienone is 5. The number of para-hydroxylation sites is 2. The van der Waals surface area contributed by atoms with Gasteiger partial charge in [0.15, 0.2) is 23.0 Å². The van der Waals surface area contributed by atoms with Crippen molar-refractivity contribution in [2.24, 2.45) is 10.8 Å². The topological polar surface area (TPSA) is 111 Å². The first-order valence-electron chi connectivity index (χ1n) is 30.4. The van der Waals surface area contributed by atoms with E-state index in [0.29, 0.717) is 142 Å². The van der Waals surface area contributed by atoms with Gasteiger partial charge in [0.2, 0.25) is 0 Å². The number of hydrogen-bond acceptors (Lipinski definition) is 12. The third-order valence-corrected chi connectivity index (χ3v) is 16.0. The monoisotopic (exact) mass is 1130 g/mol. The first kappa shape index (κ1) is 61.1. The molecule has 7 aliphatic rings. The fraction of sp³-hybridized carbons (Fsp3) is 0.571. The molecular weight excluding hydrogens is 1030 g/mol. The third kappa shape index (κ3) is 16.4. The van der Waals surface area contributed by atoms with E-state index in [1.54, 1.807) is 0 Å². The fourth-order valence-corrected chi connectivity index (χ4v) is 13.2. The quantitative estimate of drug-likeness (QED) is 0.143. The summed E-state index contributed by atoms with van der Waals surface area (Å²) in [6, 6.07) is 25.8. The molecule has 0 saturated carbocycles. The highest BCUT2D eigenvalue weighted by Gasteiger charge is 2.36. The number of hydrogen-bond donors (Lipinski definition) is 0. The molecule has 12 nitrogen and oxygen atoms in total.